The number of nitrogen functional groups attached to an aromatic ring is 1. The van der Waals surface area contributed by atoms with Crippen molar-refractivity contribution in [3.63, 3.8) is 0 Å². The molecule has 1 amide bonds. The Hall–Kier alpha value is -1.26. The Kier molecular flexibility index (Phi) is 5.88. The van der Waals surface area contributed by atoms with Gasteiger partial charge >= 0.3 is 0 Å². The predicted octanol–water partition coefficient (Wildman–Crippen LogP) is 3.37. The molecule has 21 heavy (non-hydrogen) atoms. The number of carbonyl (C=O) groups is 1. The average molecular weight is 310 g/mol. The van der Waals surface area contributed by atoms with Crippen LogP contribution in [-0.2, 0) is 4.79 Å². The topological polar surface area (TPSA) is 58.4 Å². The minimum Gasteiger partial charge on any atom is -0.397 e. The zero-order valence-electron chi connectivity index (χ0n) is 12.6. The fraction of sp³-hybridized carbons (Fsp3) is 0.562. The van der Waals surface area contributed by atoms with E-state index >= 15 is 0 Å². The Morgan fingerprint density at radius 1 is 1.43 bits per heavy atom. The van der Waals surface area contributed by atoms with E-state index < -0.39 is 0 Å². The van der Waals surface area contributed by atoms with Gasteiger partial charge in [0.2, 0.25) is 5.91 Å². The number of likely N-dealkylation sites (tertiary alicyclic amines) is 1. The van der Waals surface area contributed by atoms with Crippen molar-refractivity contribution in [2.24, 2.45) is 5.92 Å². The van der Waals surface area contributed by atoms with Gasteiger partial charge in [-0.15, -0.1) is 0 Å². The molecule has 0 bridgehead atoms. The Balaban J connectivity index is 1.86. The van der Waals surface area contributed by atoms with E-state index in [2.05, 4.69) is 17.1 Å². The summed E-state index contributed by atoms with van der Waals surface area (Å²) in [7, 11) is 0. The van der Waals surface area contributed by atoms with Crippen LogP contribution in [0.1, 0.15) is 32.6 Å². The van der Waals surface area contributed by atoms with Gasteiger partial charge in [0.05, 0.1) is 17.9 Å². The molecule has 0 radical (unpaired) electrons. The fourth-order valence-corrected chi connectivity index (χ4v) is 3.01. The zero-order valence-corrected chi connectivity index (χ0v) is 13.3. The first-order valence-corrected chi connectivity index (χ1v) is 8.03. The van der Waals surface area contributed by atoms with Gasteiger partial charge < -0.3 is 11.1 Å². The molecule has 1 aliphatic heterocycles. The van der Waals surface area contributed by atoms with E-state index in [1.165, 1.54) is 25.7 Å². The molecule has 1 saturated heterocycles. The number of hydrogen-bond donors (Lipinski definition) is 2. The summed E-state index contributed by atoms with van der Waals surface area (Å²) in [5, 5.41) is 3.44. The molecular formula is C16H24ClN3O. The Bertz CT molecular complexity index is 492. The second-order valence-corrected chi connectivity index (χ2v) is 6.20. The van der Waals surface area contributed by atoms with Crippen molar-refractivity contribution in [3.8, 4) is 0 Å². The summed E-state index contributed by atoms with van der Waals surface area (Å²) >= 11 is 5.85. The molecule has 0 aliphatic carbocycles. The van der Waals surface area contributed by atoms with Crippen LogP contribution in [-0.4, -0.2) is 30.4 Å². The number of nitrogens with zero attached hydrogens (tertiary/aromatic N) is 1. The molecule has 2 rings (SSSR count). The van der Waals surface area contributed by atoms with E-state index in [1.807, 2.05) is 0 Å². The number of nitrogens with one attached hydrogen (secondary N) is 1. The fourth-order valence-electron chi connectivity index (χ4n) is 2.83. The first kappa shape index (κ1) is 16.1. The van der Waals surface area contributed by atoms with Crippen molar-refractivity contribution in [2.75, 3.05) is 30.7 Å². The van der Waals surface area contributed by atoms with Gasteiger partial charge in [-0.25, -0.2) is 0 Å². The number of rotatable bonds is 4. The van der Waals surface area contributed by atoms with E-state index in [4.69, 9.17) is 17.3 Å². The molecule has 116 valence electrons. The van der Waals surface area contributed by atoms with Gasteiger partial charge in [0, 0.05) is 5.02 Å². The minimum absolute atomic E-state index is 0.0148. The van der Waals surface area contributed by atoms with E-state index in [-0.39, 0.29) is 5.91 Å². The Labute approximate surface area is 131 Å². The number of amides is 1. The molecule has 0 spiro atoms. The number of halogens is 1. The largest absolute Gasteiger partial charge is 0.397 e. The third kappa shape index (κ3) is 4.90. The molecule has 1 fully saturated rings. The highest BCUT2D eigenvalue weighted by Gasteiger charge is 2.18. The summed E-state index contributed by atoms with van der Waals surface area (Å²) in [5.41, 5.74) is 6.98. The maximum Gasteiger partial charge on any atom is 0.238 e. The summed E-state index contributed by atoms with van der Waals surface area (Å²) in [6, 6.07) is 5.12. The normalized spacial score (nSPS) is 20.0. The summed E-state index contributed by atoms with van der Waals surface area (Å²) in [4.78, 5) is 14.4. The highest BCUT2D eigenvalue weighted by molar-refractivity contribution is 6.31. The molecule has 0 saturated carbocycles. The molecule has 0 aromatic heterocycles. The number of carbonyl (C=O) groups excluding carboxylic acids is 1. The van der Waals surface area contributed by atoms with Gasteiger partial charge in [-0.1, -0.05) is 24.9 Å². The lowest BCUT2D eigenvalue weighted by atomic mass is 9.98. The Morgan fingerprint density at radius 3 is 2.95 bits per heavy atom. The summed E-state index contributed by atoms with van der Waals surface area (Å²) in [5.74, 6) is 0.795. The van der Waals surface area contributed by atoms with Gasteiger partial charge in [0.1, 0.15) is 0 Å². The van der Waals surface area contributed by atoms with Crippen LogP contribution in [0, 0.1) is 5.92 Å². The first-order valence-electron chi connectivity index (χ1n) is 7.65. The SMILES string of the molecule is CCC1CCCN(CC(=O)Nc2ccc(Cl)cc2N)CC1. The molecule has 1 aliphatic rings. The van der Waals surface area contributed by atoms with Crippen LogP contribution in [0.25, 0.3) is 0 Å². The predicted molar refractivity (Wildman–Crippen MR) is 88.6 cm³/mol. The van der Waals surface area contributed by atoms with Crippen LogP contribution < -0.4 is 11.1 Å². The molecule has 5 heteroatoms. The molecular weight excluding hydrogens is 286 g/mol. The van der Waals surface area contributed by atoms with Crippen molar-refractivity contribution in [3.05, 3.63) is 23.2 Å². The number of benzene rings is 1. The lowest BCUT2D eigenvalue weighted by Gasteiger charge is -2.19. The summed E-state index contributed by atoms with van der Waals surface area (Å²) < 4.78 is 0. The molecule has 1 aromatic rings. The highest BCUT2D eigenvalue weighted by atomic mass is 35.5. The third-order valence-electron chi connectivity index (χ3n) is 4.17. The number of hydrogen-bond acceptors (Lipinski definition) is 3. The van der Waals surface area contributed by atoms with Crippen molar-refractivity contribution in [2.45, 2.75) is 32.6 Å². The van der Waals surface area contributed by atoms with Gasteiger partial charge in [-0.05, 0) is 56.5 Å². The second-order valence-electron chi connectivity index (χ2n) is 5.76. The van der Waals surface area contributed by atoms with E-state index in [0.717, 1.165) is 19.0 Å². The molecule has 4 nitrogen and oxygen atoms in total. The van der Waals surface area contributed by atoms with Gasteiger partial charge in [-0.2, -0.15) is 0 Å². The van der Waals surface area contributed by atoms with Crippen LogP contribution in [0.5, 0.6) is 0 Å². The lowest BCUT2D eigenvalue weighted by molar-refractivity contribution is -0.117. The molecule has 1 heterocycles. The van der Waals surface area contributed by atoms with Crippen LogP contribution >= 0.6 is 11.6 Å². The summed E-state index contributed by atoms with van der Waals surface area (Å²) in [6.07, 6.45) is 4.88. The first-order chi connectivity index (χ1) is 10.1. The number of anilines is 2. The standard InChI is InChI=1S/C16H24ClN3O/c1-2-12-4-3-8-20(9-7-12)11-16(21)19-15-6-5-13(17)10-14(15)18/h5-6,10,12H,2-4,7-9,11,18H2,1H3,(H,19,21). The second kappa shape index (κ2) is 7.66. The van der Waals surface area contributed by atoms with Crippen LogP contribution in [0.3, 0.4) is 0 Å². The maximum atomic E-state index is 12.1. The van der Waals surface area contributed by atoms with Crippen LogP contribution in [0.4, 0.5) is 11.4 Å². The quantitative estimate of drug-likeness (QED) is 0.838. The van der Waals surface area contributed by atoms with Crippen molar-refractivity contribution in [1.29, 1.82) is 0 Å². The third-order valence-corrected chi connectivity index (χ3v) is 4.41. The maximum absolute atomic E-state index is 12.1. The smallest absolute Gasteiger partial charge is 0.238 e. The van der Waals surface area contributed by atoms with Crippen LogP contribution in [0.15, 0.2) is 18.2 Å². The average Bonchev–Trinajstić information content (AvgIpc) is 2.67. The minimum atomic E-state index is -0.0148. The molecule has 3 N–H and O–H groups in total. The summed E-state index contributed by atoms with van der Waals surface area (Å²) in [6.45, 7) is 4.68. The van der Waals surface area contributed by atoms with E-state index in [1.54, 1.807) is 18.2 Å². The van der Waals surface area contributed by atoms with Crippen LogP contribution in [0.2, 0.25) is 5.02 Å². The highest BCUT2D eigenvalue weighted by Crippen LogP contribution is 2.23. The molecule has 1 aromatic carbocycles. The Morgan fingerprint density at radius 2 is 2.24 bits per heavy atom. The monoisotopic (exact) mass is 309 g/mol. The van der Waals surface area contributed by atoms with Crippen molar-refractivity contribution < 1.29 is 4.79 Å². The van der Waals surface area contributed by atoms with Gasteiger partial charge in [0.25, 0.3) is 0 Å². The van der Waals surface area contributed by atoms with Crippen molar-refractivity contribution in [1.82, 2.24) is 4.90 Å². The lowest BCUT2D eigenvalue weighted by Crippen LogP contribution is -2.34. The molecule has 1 atom stereocenters. The zero-order chi connectivity index (χ0) is 15.2. The number of nitrogens with two attached hydrogens (primary N) is 1. The van der Waals surface area contributed by atoms with Crippen molar-refractivity contribution >= 4 is 28.9 Å². The van der Waals surface area contributed by atoms with E-state index in [0.29, 0.717) is 22.9 Å². The molecule has 1 unspecified atom stereocenters. The van der Waals surface area contributed by atoms with Gasteiger partial charge in [0.15, 0.2) is 0 Å². The van der Waals surface area contributed by atoms with E-state index in [9.17, 15) is 4.79 Å². The van der Waals surface area contributed by atoms with Gasteiger partial charge in [-0.3, -0.25) is 9.69 Å².